The zero-order valence-electron chi connectivity index (χ0n) is 14.2. The van der Waals surface area contributed by atoms with Crippen molar-refractivity contribution in [2.45, 2.75) is 6.61 Å². The number of nitrogens with one attached hydrogen (secondary N) is 1. The molecule has 0 bridgehead atoms. The maximum atomic E-state index is 11.9. The summed E-state index contributed by atoms with van der Waals surface area (Å²) in [6, 6.07) is 20.2. The number of hydrogen-bond donors (Lipinski definition) is 2. The van der Waals surface area contributed by atoms with Crippen LogP contribution in [0.3, 0.4) is 0 Å². The van der Waals surface area contributed by atoms with Gasteiger partial charge in [0.15, 0.2) is 0 Å². The minimum Gasteiger partial charge on any atom is -0.506 e. The molecule has 136 valence electrons. The van der Waals surface area contributed by atoms with Gasteiger partial charge >= 0.3 is 6.09 Å². The van der Waals surface area contributed by atoms with E-state index in [9.17, 15) is 20.0 Å². The molecule has 0 saturated heterocycles. The summed E-state index contributed by atoms with van der Waals surface area (Å²) in [5.41, 5.74) is 2.56. The molecule has 0 aliphatic carbocycles. The maximum absolute atomic E-state index is 11.9. The molecule has 0 aromatic heterocycles. The lowest BCUT2D eigenvalue weighted by Crippen LogP contribution is -2.13. The lowest BCUT2D eigenvalue weighted by Gasteiger charge is -2.10. The average Bonchev–Trinajstić information content (AvgIpc) is 2.69. The largest absolute Gasteiger partial charge is 0.506 e. The van der Waals surface area contributed by atoms with Crippen LogP contribution in [0.25, 0.3) is 11.1 Å². The predicted octanol–water partition coefficient (Wildman–Crippen LogP) is 4.72. The van der Waals surface area contributed by atoms with Crippen LogP contribution >= 0.6 is 0 Å². The normalized spacial score (nSPS) is 10.2. The fraction of sp³-hybridized carbons (Fsp3) is 0.0500. The molecule has 0 aliphatic heterocycles. The summed E-state index contributed by atoms with van der Waals surface area (Å²) in [5.74, 6) is -0.0800. The molecule has 0 heterocycles. The van der Waals surface area contributed by atoms with E-state index < -0.39 is 11.0 Å². The van der Waals surface area contributed by atoms with Crippen LogP contribution in [-0.2, 0) is 11.3 Å². The van der Waals surface area contributed by atoms with Gasteiger partial charge < -0.3 is 9.84 Å². The summed E-state index contributed by atoms with van der Waals surface area (Å²) >= 11 is 0. The maximum Gasteiger partial charge on any atom is 0.412 e. The number of nitrogens with zero attached hydrogens (tertiary/aromatic N) is 1. The van der Waals surface area contributed by atoms with Gasteiger partial charge in [0.1, 0.15) is 12.4 Å². The second-order valence-corrected chi connectivity index (χ2v) is 5.72. The minimum absolute atomic E-state index is 0.0355. The van der Waals surface area contributed by atoms with E-state index in [0.29, 0.717) is 5.56 Å². The Balaban J connectivity index is 1.60. The number of non-ortho nitro benzene ring substituents is 1. The van der Waals surface area contributed by atoms with E-state index >= 15 is 0 Å². The first kappa shape index (κ1) is 17.9. The molecule has 0 unspecified atom stereocenters. The van der Waals surface area contributed by atoms with E-state index in [-0.39, 0.29) is 23.7 Å². The molecule has 0 fully saturated rings. The summed E-state index contributed by atoms with van der Waals surface area (Å²) < 4.78 is 5.07. The number of carbonyl (C=O) groups excluding carboxylic acids is 1. The van der Waals surface area contributed by atoms with Crippen LogP contribution in [0.5, 0.6) is 5.75 Å². The van der Waals surface area contributed by atoms with Crippen LogP contribution in [-0.4, -0.2) is 16.1 Å². The number of amides is 1. The Kier molecular flexibility index (Phi) is 5.32. The molecule has 1 amide bonds. The van der Waals surface area contributed by atoms with Gasteiger partial charge in [-0.3, -0.25) is 15.4 Å². The average molecular weight is 364 g/mol. The Hall–Kier alpha value is -3.87. The van der Waals surface area contributed by atoms with Crippen molar-refractivity contribution in [1.29, 1.82) is 0 Å². The third-order valence-corrected chi connectivity index (χ3v) is 3.86. The summed E-state index contributed by atoms with van der Waals surface area (Å²) in [6.07, 6.45) is -0.740. The van der Waals surface area contributed by atoms with E-state index in [2.05, 4.69) is 5.32 Å². The third kappa shape index (κ3) is 4.60. The highest BCUT2D eigenvalue weighted by Gasteiger charge is 2.10. The predicted molar refractivity (Wildman–Crippen MR) is 100 cm³/mol. The SMILES string of the molecule is O=C(Nc1ccc(-c2ccccc2)cc1O)OCc1ccc([N+](=O)[O-])cc1. The highest BCUT2D eigenvalue weighted by molar-refractivity contribution is 5.87. The number of phenols is 1. The monoisotopic (exact) mass is 364 g/mol. The lowest BCUT2D eigenvalue weighted by atomic mass is 10.1. The van der Waals surface area contributed by atoms with Crippen LogP contribution in [0.2, 0.25) is 0 Å². The van der Waals surface area contributed by atoms with E-state index in [1.54, 1.807) is 18.2 Å². The van der Waals surface area contributed by atoms with Crippen molar-refractivity contribution in [2.24, 2.45) is 0 Å². The Bertz CT molecular complexity index is 956. The van der Waals surface area contributed by atoms with Gasteiger partial charge in [0.05, 0.1) is 10.6 Å². The number of benzene rings is 3. The molecular weight excluding hydrogens is 348 g/mol. The number of aromatic hydroxyl groups is 1. The van der Waals surface area contributed by atoms with E-state index in [0.717, 1.165) is 11.1 Å². The Labute approximate surface area is 155 Å². The van der Waals surface area contributed by atoms with Gasteiger partial charge in [-0.2, -0.15) is 0 Å². The van der Waals surface area contributed by atoms with Gasteiger partial charge in [0.2, 0.25) is 0 Å². The van der Waals surface area contributed by atoms with Crippen LogP contribution in [0.1, 0.15) is 5.56 Å². The summed E-state index contributed by atoms with van der Waals surface area (Å²) in [4.78, 5) is 22.0. The van der Waals surface area contributed by atoms with E-state index in [1.807, 2.05) is 30.3 Å². The molecule has 0 aliphatic rings. The third-order valence-electron chi connectivity index (χ3n) is 3.86. The van der Waals surface area contributed by atoms with Crippen molar-refractivity contribution < 1.29 is 19.6 Å². The second-order valence-electron chi connectivity index (χ2n) is 5.72. The molecule has 3 aromatic carbocycles. The van der Waals surface area contributed by atoms with Crippen LogP contribution in [0.15, 0.2) is 72.8 Å². The Morgan fingerprint density at radius 1 is 1.00 bits per heavy atom. The molecule has 0 spiro atoms. The van der Waals surface area contributed by atoms with Crippen molar-refractivity contribution in [3.8, 4) is 16.9 Å². The van der Waals surface area contributed by atoms with Crippen LogP contribution in [0.4, 0.5) is 16.2 Å². The van der Waals surface area contributed by atoms with Crippen molar-refractivity contribution in [3.05, 3.63) is 88.5 Å². The second kappa shape index (κ2) is 8.01. The molecule has 27 heavy (non-hydrogen) atoms. The molecule has 0 atom stereocenters. The number of carbonyl (C=O) groups is 1. The molecule has 0 radical (unpaired) electrons. The van der Waals surface area contributed by atoms with Crippen molar-refractivity contribution >= 4 is 17.5 Å². The first-order valence-electron chi connectivity index (χ1n) is 8.08. The van der Waals surface area contributed by atoms with E-state index in [1.165, 1.54) is 24.3 Å². The van der Waals surface area contributed by atoms with Crippen molar-refractivity contribution in [2.75, 3.05) is 5.32 Å². The highest BCUT2D eigenvalue weighted by atomic mass is 16.6. The van der Waals surface area contributed by atoms with Crippen molar-refractivity contribution in [3.63, 3.8) is 0 Å². The summed E-state index contributed by atoms with van der Waals surface area (Å²) in [6.45, 7) is -0.0489. The number of hydrogen-bond acceptors (Lipinski definition) is 5. The zero-order chi connectivity index (χ0) is 19.2. The first-order chi connectivity index (χ1) is 13.0. The molecule has 3 rings (SSSR count). The van der Waals surface area contributed by atoms with Crippen LogP contribution < -0.4 is 5.32 Å². The van der Waals surface area contributed by atoms with Gasteiger partial charge in [-0.25, -0.2) is 4.79 Å². The molecular formula is C20H16N2O5. The number of nitro groups is 1. The van der Waals surface area contributed by atoms with Crippen molar-refractivity contribution in [1.82, 2.24) is 0 Å². The highest BCUT2D eigenvalue weighted by Crippen LogP contribution is 2.29. The fourth-order valence-electron chi connectivity index (χ4n) is 2.46. The number of phenolic OH excluding ortho intramolecular Hbond substituents is 1. The topological polar surface area (TPSA) is 102 Å². The molecule has 7 nitrogen and oxygen atoms in total. The lowest BCUT2D eigenvalue weighted by molar-refractivity contribution is -0.384. The molecule has 2 N–H and O–H groups in total. The number of ether oxygens (including phenoxy) is 1. The minimum atomic E-state index is -0.740. The standard InChI is InChI=1S/C20H16N2O5/c23-19-12-16(15-4-2-1-3-5-15)8-11-18(19)21-20(24)27-13-14-6-9-17(10-7-14)22(25)26/h1-12,23H,13H2,(H,21,24). The Morgan fingerprint density at radius 2 is 1.70 bits per heavy atom. The van der Waals surface area contributed by atoms with Gasteiger partial charge in [-0.1, -0.05) is 36.4 Å². The van der Waals surface area contributed by atoms with Gasteiger partial charge in [-0.15, -0.1) is 0 Å². The van der Waals surface area contributed by atoms with Gasteiger partial charge in [0, 0.05) is 12.1 Å². The smallest absolute Gasteiger partial charge is 0.412 e. The number of nitro benzene ring substituents is 1. The van der Waals surface area contributed by atoms with Gasteiger partial charge in [0.25, 0.3) is 5.69 Å². The van der Waals surface area contributed by atoms with E-state index in [4.69, 9.17) is 4.74 Å². The number of anilines is 1. The van der Waals surface area contributed by atoms with Crippen LogP contribution in [0, 0.1) is 10.1 Å². The fourth-order valence-corrected chi connectivity index (χ4v) is 2.46. The molecule has 7 heteroatoms. The number of rotatable bonds is 5. The Morgan fingerprint density at radius 3 is 2.33 bits per heavy atom. The summed E-state index contributed by atoms with van der Waals surface area (Å²) in [5, 5.41) is 23.2. The van der Waals surface area contributed by atoms with Gasteiger partial charge in [-0.05, 0) is 41.0 Å². The molecule has 3 aromatic rings. The first-order valence-corrected chi connectivity index (χ1v) is 8.08. The molecule has 0 saturated carbocycles. The summed E-state index contributed by atoms with van der Waals surface area (Å²) in [7, 11) is 0. The quantitative estimate of drug-likeness (QED) is 0.388. The zero-order valence-corrected chi connectivity index (χ0v) is 14.2.